The van der Waals surface area contributed by atoms with Crippen molar-refractivity contribution in [3.63, 3.8) is 0 Å². The number of aryl methyl sites for hydroxylation is 1. The molecule has 2 aliphatic heterocycles. The maximum atomic E-state index is 12.8. The largest absolute Gasteiger partial charge is 0.465 e. The van der Waals surface area contributed by atoms with Crippen molar-refractivity contribution in [1.82, 2.24) is 15.1 Å². The van der Waals surface area contributed by atoms with Crippen LogP contribution in [-0.4, -0.2) is 66.8 Å². The lowest BCUT2D eigenvalue weighted by Crippen LogP contribution is -2.57. The molecule has 1 aromatic rings. The van der Waals surface area contributed by atoms with Crippen molar-refractivity contribution in [2.45, 2.75) is 19.9 Å². The third-order valence-electron chi connectivity index (χ3n) is 4.78. The fourth-order valence-electron chi connectivity index (χ4n) is 3.36. The van der Waals surface area contributed by atoms with Gasteiger partial charge in [-0.25, -0.2) is 4.99 Å². The van der Waals surface area contributed by atoms with Crippen LogP contribution in [0.1, 0.15) is 24.1 Å². The lowest BCUT2D eigenvalue weighted by molar-refractivity contribution is -0.153. The van der Waals surface area contributed by atoms with Crippen LogP contribution in [0, 0.1) is 12.8 Å². The second kappa shape index (κ2) is 8.20. The normalized spacial score (nSPS) is 22.7. The Balaban J connectivity index is 1.92. The highest BCUT2D eigenvalue weighted by Gasteiger charge is 2.42. The molecule has 1 aromatic carbocycles. The smallest absolute Gasteiger partial charge is 0.321 e. The van der Waals surface area contributed by atoms with Gasteiger partial charge in [-0.3, -0.25) is 19.7 Å². The van der Waals surface area contributed by atoms with E-state index >= 15 is 0 Å². The fraction of sp³-hybridized carbons (Fsp3) is 0.474. The second-order valence-corrected chi connectivity index (χ2v) is 6.66. The third-order valence-corrected chi connectivity index (χ3v) is 4.78. The minimum atomic E-state index is -1.02. The summed E-state index contributed by atoms with van der Waals surface area (Å²) < 4.78 is 5.11. The highest BCUT2D eigenvalue weighted by molar-refractivity contribution is 6.08. The summed E-state index contributed by atoms with van der Waals surface area (Å²) in [6.45, 7) is 6.14. The summed E-state index contributed by atoms with van der Waals surface area (Å²) in [6, 6.07) is 7.00. The number of aliphatic imine (C=N–C) groups is 1. The SMILES string of the molecule is CCOC(=O)[C@H]1C(=O)NC(N2CCN(C=O)CC2)=N[C@H]1c1cccc(C)c1. The number of carbonyl (C=O) groups is 3. The average molecular weight is 372 g/mol. The van der Waals surface area contributed by atoms with E-state index in [1.807, 2.05) is 36.1 Å². The zero-order valence-corrected chi connectivity index (χ0v) is 15.6. The van der Waals surface area contributed by atoms with Crippen LogP contribution >= 0.6 is 0 Å². The van der Waals surface area contributed by atoms with Crippen molar-refractivity contribution < 1.29 is 19.1 Å². The van der Waals surface area contributed by atoms with Gasteiger partial charge in [-0.2, -0.15) is 0 Å². The first-order valence-corrected chi connectivity index (χ1v) is 9.09. The highest BCUT2D eigenvalue weighted by Crippen LogP contribution is 2.31. The molecule has 3 rings (SSSR count). The van der Waals surface area contributed by atoms with Crippen LogP contribution in [0.25, 0.3) is 0 Å². The Morgan fingerprint density at radius 2 is 2.07 bits per heavy atom. The number of nitrogens with one attached hydrogen (secondary N) is 1. The van der Waals surface area contributed by atoms with Gasteiger partial charge >= 0.3 is 5.97 Å². The molecule has 1 fully saturated rings. The summed E-state index contributed by atoms with van der Waals surface area (Å²) in [5.74, 6) is -1.57. The first kappa shape index (κ1) is 18.9. The zero-order valence-electron chi connectivity index (χ0n) is 15.6. The van der Waals surface area contributed by atoms with E-state index in [0.717, 1.165) is 17.5 Å². The van der Waals surface area contributed by atoms with E-state index in [1.54, 1.807) is 11.8 Å². The zero-order chi connectivity index (χ0) is 19.4. The van der Waals surface area contributed by atoms with Gasteiger partial charge in [-0.05, 0) is 19.4 Å². The van der Waals surface area contributed by atoms with Crippen LogP contribution in [0.3, 0.4) is 0 Å². The second-order valence-electron chi connectivity index (χ2n) is 6.66. The minimum absolute atomic E-state index is 0.202. The molecule has 2 atom stereocenters. The molecule has 1 saturated heterocycles. The van der Waals surface area contributed by atoms with Gasteiger partial charge in [-0.1, -0.05) is 29.8 Å². The van der Waals surface area contributed by atoms with E-state index in [9.17, 15) is 14.4 Å². The molecule has 8 heteroatoms. The monoisotopic (exact) mass is 372 g/mol. The number of guanidine groups is 1. The number of hydrogen-bond acceptors (Lipinski definition) is 6. The van der Waals surface area contributed by atoms with Gasteiger partial charge in [0.05, 0.1) is 6.61 Å². The maximum Gasteiger partial charge on any atom is 0.321 e. The van der Waals surface area contributed by atoms with Crippen molar-refractivity contribution in [1.29, 1.82) is 0 Å². The summed E-state index contributed by atoms with van der Waals surface area (Å²) >= 11 is 0. The molecular weight excluding hydrogens is 348 g/mol. The Morgan fingerprint density at radius 3 is 2.70 bits per heavy atom. The molecule has 2 aliphatic rings. The lowest BCUT2D eigenvalue weighted by atomic mass is 9.90. The number of rotatable bonds is 4. The van der Waals surface area contributed by atoms with E-state index in [1.165, 1.54) is 0 Å². The van der Waals surface area contributed by atoms with Crippen molar-refractivity contribution >= 4 is 24.2 Å². The predicted octanol–water partition coefficient (Wildman–Crippen LogP) is 0.475. The summed E-state index contributed by atoms with van der Waals surface area (Å²) in [5.41, 5.74) is 1.82. The third kappa shape index (κ3) is 4.10. The number of nitrogens with zero attached hydrogens (tertiary/aromatic N) is 3. The van der Waals surface area contributed by atoms with Crippen LogP contribution in [0.4, 0.5) is 0 Å². The molecule has 0 unspecified atom stereocenters. The molecular formula is C19H24N4O4. The molecule has 2 amide bonds. The Labute approximate surface area is 158 Å². The molecule has 0 radical (unpaired) electrons. The van der Waals surface area contributed by atoms with Gasteiger partial charge in [-0.15, -0.1) is 0 Å². The fourth-order valence-corrected chi connectivity index (χ4v) is 3.36. The number of amides is 2. The molecule has 0 aliphatic carbocycles. The maximum absolute atomic E-state index is 12.8. The number of piperazine rings is 1. The van der Waals surface area contributed by atoms with E-state index in [2.05, 4.69) is 5.32 Å². The highest BCUT2D eigenvalue weighted by atomic mass is 16.5. The van der Waals surface area contributed by atoms with Gasteiger partial charge < -0.3 is 14.5 Å². The molecule has 0 bridgehead atoms. The van der Waals surface area contributed by atoms with Crippen molar-refractivity contribution in [2.24, 2.45) is 10.9 Å². The topological polar surface area (TPSA) is 91.3 Å². The molecule has 2 heterocycles. The van der Waals surface area contributed by atoms with Crippen molar-refractivity contribution in [3.05, 3.63) is 35.4 Å². The first-order chi connectivity index (χ1) is 13.0. The molecule has 27 heavy (non-hydrogen) atoms. The van der Waals surface area contributed by atoms with Crippen LogP contribution in [0.2, 0.25) is 0 Å². The molecule has 0 spiro atoms. The number of ether oxygens (including phenoxy) is 1. The Kier molecular flexibility index (Phi) is 5.73. The lowest BCUT2D eigenvalue weighted by Gasteiger charge is -2.37. The van der Waals surface area contributed by atoms with Crippen LogP contribution < -0.4 is 5.32 Å². The van der Waals surface area contributed by atoms with E-state index in [4.69, 9.17) is 9.73 Å². The molecule has 8 nitrogen and oxygen atoms in total. The van der Waals surface area contributed by atoms with Crippen molar-refractivity contribution in [2.75, 3.05) is 32.8 Å². The van der Waals surface area contributed by atoms with E-state index in [-0.39, 0.29) is 6.61 Å². The Hall–Kier alpha value is -2.90. The number of carbonyl (C=O) groups excluding carboxylic acids is 3. The summed E-state index contributed by atoms with van der Waals surface area (Å²) in [7, 11) is 0. The van der Waals surface area contributed by atoms with E-state index < -0.39 is 23.8 Å². The van der Waals surface area contributed by atoms with Crippen LogP contribution in [-0.2, 0) is 19.1 Å². The Bertz CT molecular complexity index is 756. The van der Waals surface area contributed by atoms with Crippen molar-refractivity contribution in [3.8, 4) is 0 Å². The number of benzene rings is 1. The van der Waals surface area contributed by atoms with Gasteiger partial charge in [0.15, 0.2) is 5.92 Å². The van der Waals surface area contributed by atoms with E-state index in [0.29, 0.717) is 32.1 Å². The standard InChI is InChI=1S/C19H24N4O4/c1-3-27-18(26)15-16(14-6-4-5-13(2)11-14)20-19(21-17(15)25)23-9-7-22(12-24)8-10-23/h4-6,11-12,15-16H,3,7-10H2,1-2H3,(H,20,21,25)/t15-,16+/m1/s1. The Morgan fingerprint density at radius 1 is 1.33 bits per heavy atom. The van der Waals surface area contributed by atoms with Crippen LogP contribution in [0.5, 0.6) is 0 Å². The summed E-state index contributed by atoms with van der Waals surface area (Å²) in [5, 5.41) is 2.75. The molecule has 0 saturated carbocycles. The van der Waals surface area contributed by atoms with Gasteiger partial charge in [0.25, 0.3) is 0 Å². The first-order valence-electron chi connectivity index (χ1n) is 9.09. The van der Waals surface area contributed by atoms with Gasteiger partial charge in [0.1, 0.15) is 6.04 Å². The predicted molar refractivity (Wildman–Crippen MR) is 98.8 cm³/mol. The van der Waals surface area contributed by atoms with Crippen LogP contribution in [0.15, 0.2) is 29.3 Å². The number of hydrogen-bond donors (Lipinski definition) is 1. The summed E-state index contributed by atoms with van der Waals surface area (Å²) in [4.78, 5) is 44.4. The van der Waals surface area contributed by atoms with Gasteiger partial charge in [0, 0.05) is 26.2 Å². The molecule has 144 valence electrons. The molecule has 0 aromatic heterocycles. The molecule has 1 N–H and O–H groups in total. The quantitative estimate of drug-likeness (QED) is 0.471. The summed E-state index contributed by atoms with van der Waals surface area (Å²) in [6.07, 6.45) is 0.824. The average Bonchev–Trinajstić information content (AvgIpc) is 2.67. The number of esters is 1. The minimum Gasteiger partial charge on any atom is -0.465 e. The van der Waals surface area contributed by atoms with Gasteiger partial charge in [0.2, 0.25) is 18.3 Å².